The van der Waals surface area contributed by atoms with Gasteiger partial charge in [0.1, 0.15) is 0 Å². The standard InChI is InChI=1S/2C9H7.2C2H7N.2CH3.H2Si.Zr/c2*1-2-5-9-7-3-6-8(9)4-1;2*1-3-2;;;;/h2*1-7H;2*3H,1-2H3;2*1H3;1H2;. The fraction of sp³-hybridized carbons (Fsp3) is 0.333. The molecule has 2 aliphatic rings. The van der Waals surface area contributed by atoms with Crippen LogP contribution in [0.1, 0.15) is 29.5 Å². The second kappa shape index (κ2) is 9.63. The van der Waals surface area contributed by atoms with E-state index in [0.29, 0.717) is 7.25 Å². The van der Waals surface area contributed by atoms with Crippen LogP contribution in [0.4, 0.5) is 0 Å². The van der Waals surface area contributed by atoms with Crippen LogP contribution in [-0.4, -0.2) is 35.1 Å². The Balaban J connectivity index is 0.000000418. The molecular formula is C24H36N2SiZr. The average Bonchev–Trinajstić information content (AvgIpc) is 3.28. The van der Waals surface area contributed by atoms with E-state index in [-0.39, 0.29) is 0 Å². The molecule has 0 saturated carbocycles. The molecule has 2 N–H and O–H groups in total. The zero-order chi connectivity index (χ0) is 20.8. The Hall–Kier alpha value is -1.06. The fourth-order valence-electron chi connectivity index (χ4n) is 4.35. The summed E-state index contributed by atoms with van der Waals surface area (Å²) in [6.45, 7) is 2.37. The summed E-state index contributed by atoms with van der Waals surface area (Å²) in [5, 5.41) is 5.50. The molecule has 0 bridgehead atoms. The Morgan fingerprint density at radius 3 is 1.36 bits per heavy atom. The SMILES string of the molecule is CNC.CNC.[CH3][Zr]([CH3])(=[SiH2])([CH]1C=Cc2ccccc21)[CH]1C=Cc2ccccc21. The predicted molar refractivity (Wildman–Crippen MR) is 127 cm³/mol. The summed E-state index contributed by atoms with van der Waals surface area (Å²) in [4.78, 5) is 0. The minimum absolute atomic E-state index is 0.650. The van der Waals surface area contributed by atoms with Gasteiger partial charge < -0.3 is 10.6 Å². The Bertz CT molecular complexity index is 854. The summed E-state index contributed by atoms with van der Waals surface area (Å²) >= 11 is -3.02. The first-order valence-corrected chi connectivity index (χ1v) is 23.7. The van der Waals surface area contributed by atoms with Crippen molar-refractivity contribution in [2.75, 3.05) is 28.2 Å². The average molecular weight is 472 g/mol. The normalized spacial score (nSPS) is 19.1. The first-order chi connectivity index (χ1) is 13.3. The summed E-state index contributed by atoms with van der Waals surface area (Å²) in [5.41, 5.74) is 5.98. The molecule has 2 atom stereocenters. The van der Waals surface area contributed by atoms with Gasteiger partial charge >= 0.3 is 136 Å². The predicted octanol–water partition coefficient (Wildman–Crippen LogP) is 4.53. The Morgan fingerprint density at radius 2 is 1.00 bits per heavy atom. The van der Waals surface area contributed by atoms with Crippen LogP contribution in [0, 0.1) is 0 Å². The van der Waals surface area contributed by atoms with Crippen molar-refractivity contribution < 1.29 is 17.4 Å². The number of nitrogens with one attached hydrogen (secondary N) is 2. The van der Waals surface area contributed by atoms with Crippen LogP contribution in [-0.2, 0) is 17.4 Å². The van der Waals surface area contributed by atoms with Crippen molar-refractivity contribution in [2.24, 2.45) is 0 Å². The van der Waals surface area contributed by atoms with Crippen LogP contribution >= 0.6 is 0 Å². The summed E-state index contributed by atoms with van der Waals surface area (Å²) in [5.74, 6) is 0. The van der Waals surface area contributed by atoms with Crippen molar-refractivity contribution in [1.82, 2.24) is 10.6 Å². The molecular weight excluding hydrogens is 436 g/mol. The monoisotopic (exact) mass is 470 g/mol. The third-order valence-electron chi connectivity index (χ3n) is 5.64. The molecule has 0 amide bonds. The summed E-state index contributed by atoms with van der Waals surface area (Å²) in [7, 11) is 7.50. The molecule has 4 heteroatoms. The molecule has 2 aromatic rings. The van der Waals surface area contributed by atoms with Crippen molar-refractivity contribution in [3.8, 4) is 0 Å². The van der Waals surface area contributed by atoms with Gasteiger partial charge in [0.05, 0.1) is 0 Å². The summed E-state index contributed by atoms with van der Waals surface area (Å²) in [6, 6.07) is 17.9. The molecule has 4 rings (SSSR count). The molecule has 0 fully saturated rings. The van der Waals surface area contributed by atoms with Crippen LogP contribution in [0.5, 0.6) is 0 Å². The van der Waals surface area contributed by atoms with E-state index in [1.54, 1.807) is 11.1 Å². The van der Waals surface area contributed by atoms with Gasteiger partial charge in [0.15, 0.2) is 0 Å². The molecule has 0 aromatic heterocycles. The summed E-state index contributed by atoms with van der Waals surface area (Å²) in [6.07, 6.45) is 9.69. The quantitative estimate of drug-likeness (QED) is 0.629. The second-order valence-electron chi connectivity index (χ2n) is 8.87. The number of rotatable bonds is 2. The molecule has 28 heavy (non-hydrogen) atoms. The second-order valence-corrected chi connectivity index (χ2v) is 39.6. The fourth-order valence-corrected chi connectivity index (χ4v) is 19.4. The van der Waals surface area contributed by atoms with E-state index in [2.05, 4.69) is 99.6 Å². The van der Waals surface area contributed by atoms with Gasteiger partial charge in [-0.2, -0.15) is 0 Å². The molecule has 2 unspecified atom stereocenters. The number of fused-ring (bicyclic) bond motifs is 2. The minimum atomic E-state index is -3.02. The van der Waals surface area contributed by atoms with E-state index in [4.69, 9.17) is 0 Å². The van der Waals surface area contributed by atoms with E-state index in [0.717, 1.165) is 0 Å². The van der Waals surface area contributed by atoms with Gasteiger partial charge in [-0.25, -0.2) is 0 Å². The maximum absolute atomic E-state index is 3.02. The first-order valence-electron chi connectivity index (χ1n) is 10.1. The van der Waals surface area contributed by atoms with Gasteiger partial charge in [0.2, 0.25) is 0 Å². The van der Waals surface area contributed by atoms with E-state index in [9.17, 15) is 0 Å². The molecule has 0 saturated heterocycles. The molecule has 0 aliphatic heterocycles. The van der Waals surface area contributed by atoms with Gasteiger partial charge in [0.25, 0.3) is 0 Å². The van der Waals surface area contributed by atoms with Gasteiger partial charge in [-0.15, -0.1) is 0 Å². The number of hydrogen-bond donors (Lipinski definition) is 2. The molecule has 2 aliphatic carbocycles. The Labute approximate surface area is 174 Å². The van der Waals surface area contributed by atoms with Crippen LogP contribution in [0.3, 0.4) is 0 Å². The van der Waals surface area contributed by atoms with Crippen molar-refractivity contribution in [3.63, 3.8) is 0 Å². The van der Waals surface area contributed by atoms with Crippen molar-refractivity contribution >= 4 is 19.0 Å². The molecule has 0 spiro atoms. The molecule has 2 nitrogen and oxygen atoms in total. The topological polar surface area (TPSA) is 24.1 Å². The van der Waals surface area contributed by atoms with Gasteiger partial charge in [-0.05, 0) is 28.2 Å². The van der Waals surface area contributed by atoms with Crippen molar-refractivity contribution in [3.05, 3.63) is 82.9 Å². The van der Waals surface area contributed by atoms with Gasteiger partial charge in [0, 0.05) is 0 Å². The van der Waals surface area contributed by atoms with Gasteiger partial charge in [-0.1, -0.05) is 0 Å². The zero-order valence-electron chi connectivity index (χ0n) is 18.3. The molecule has 0 heterocycles. The Kier molecular flexibility index (Phi) is 7.98. The number of hydrogen-bond acceptors (Lipinski definition) is 2. The van der Waals surface area contributed by atoms with E-state index >= 15 is 0 Å². The van der Waals surface area contributed by atoms with Crippen LogP contribution in [0.2, 0.25) is 9.26 Å². The third-order valence-corrected chi connectivity index (χ3v) is 23.4. The van der Waals surface area contributed by atoms with E-state index < -0.39 is 17.4 Å². The van der Waals surface area contributed by atoms with Gasteiger partial charge in [-0.3, -0.25) is 0 Å². The number of benzene rings is 2. The molecule has 0 radical (unpaired) electrons. The van der Waals surface area contributed by atoms with Crippen molar-refractivity contribution in [1.29, 1.82) is 0 Å². The van der Waals surface area contributed by atoms with E-state index in [1.807, 2.05) is 28.2 Å². The van der Waals surface area contributed by atoms with Crippen LogP contribution in [0.25, 0.3) is 12.2 Å². The molecule has 150 valence electrons. The third kappa shape index (κ3) is 4.74. The number of allylic oxidation sites excluding steroid dienone is 2. The van der Waals surface area contributed by atoms with Crippen LogP contribution in [0.15, 0.2) is 60.7 Å². The Morgan fingerprint density at radius 1 is 0.679 bits per heavy atom. The van der Waals surface area contributed by atoms with Crippen molar-refractivity contribution in [2.45, 2.75) is 16.5 Å². The zero-order valence-corrected chi connectivity index (χ0v) is 22.2. The van der Waals surface area contributed by atoms with Crippen LogP contribution < -0.4 is 10.6 Å². The maximum atomic E-state index is 2.75. The molecule has 2 aromatic carbocycles. The first kappa shape index (κ1) is 23.2. The van der Waals surface area contributed by atoms with E-state index in [1.165, 1.54) is 11.1 Å². The summed E-state index contributed by atoms with van der Waals surface area (Å²) < 4.78 is 6.59.